The second kappa shape index (κ2) is 26.0. The molecule has 4 atom stereocenters. The lowest BCUT2D eigenvalue weighted by Gasteiger charge is -2.45. The van der Waals surface area contributed by atoms with Crippen molar-refractivity contribution in [2.75, 3.05) is 0 Å². The first-order chi connectivity index (χ1) is 32.4. The maximum absolute atomic E-state index is 15.4. The van der Waals surface area contributed by atoms with Gasteiger partial charge in [0.1, 0.15) is 6.10 Å². The normalized spacial score (nSPS) is 20.9. The van der Waals surface area contributed by atoms with Gasteiger partial charge < -0.3 is 18.3 Å². The summed E-state index contributed by atoms with van der Waals surface area (Å²) in [5.74, 6) is -32.6. The number of carbonyl (C=O) groups is 1. The molecule has 0 bridgehead atoms. The van der Waals surface area contributed by atoms with Crippen LogP contribution in [0.1, 0.15) is 145 Å². The van der Waals surface area contributed by atoms with Gasteiger partial charge >= 0.3 is 42.0 Å². The fourth-order valence-electron chi connectivity index (χ4n) is 9.24. The minimum absolute atomic E-state index is 0.0512. The summed E-state index contributed by atoms with van der Waals surface area (Å²) in [6.07, 6.45) is -15.4. The van der Waals surface area contributed by atoms with Crippen molar-refractivity contribution in [1.82, 2.24) is 0 Å². The zero-order chi connectivity index (χ0) is 54.7. The van der Waals surface area contributed by atoms with Crippen molar-refractivity contribution in [3.8, 4) is 0 Å². The molecule has 1 aliphatic heterocycles. The van der Waals surface area contributed by atoms with Crippen molar-refractivity contribution in [3.63, 3.8) is 0 Å². The van der Waals surface area contributed by atoms with Gasteiger partial charge in [0, 0.05) is 19.3 Å². The van der Waals surface area contributed by atoms with Crippen molar-refractivity contribution < 1.29 is 93.4 Å². The van der Waals surface area contributed by atoms with Crippen molar-refractivity contribution >= 4 is 22.4 Å². The van der Waals surface area contributed by atoms with Crippen LogP contribution < -0.4 is 0 Å². The van der Waals surface area contributed by atoms with Gasteiger partial charge in [-0.25, -0.2) is 0 Å². The van der Waals surface area contributed by atoms with E-state index < -0.39 is 130 Å². The Bertz CT molecular complexity index is 1760. The Balaban J connectivity index is 2.96. The zero-order valence-corrected chi connectivity index (χ0v) is 43.9. The third kappa shape index (κ3) is 16.4. The van der Waals surface area contributed by atoms with Crippen molar-refractivity contribution in [2.24, 2.45) is 5.92 Å². The van der Waals surface area contributed by atoms with Gasteiger partial charge in [0.15, 0.2) is 26.7 Å². The van der Waals surface area contributed by atoms with Crippen LogP contribution in [-0.2, 0) is 29.7 Å². The number of alkyl halides is 16. The Morgan fingerprint density at radius 3 is 1.58 bits per heavy atom. The van der Waals surface area contributed by atoms with Crippen LogP contribution in [0.4, 0.5) is 70.2 Å². The molecule has 0 unspecified atom stereocenters. The number of hydrogen-bond donors (Lipinski definition) is 0. The molecule has 1 heterocycles. The van der Waals surface area contributed by atoms with Crippen LogP contribution in [0.2, 0.25) is 34.3 Å². The van der Waals surface area contributed by atoms with Crippen molar-refractivity contribution in [3.05, 3.63) is 48.0 Å². The van der Waals surface area contributed by atoms with Gasteiger partial charge in [-0.1, -0.05) is 138 Å². The van der Waals surface area contributed by atoms with E-state index in [0.29, 0.717) is 37.7 Å². The highest BCUT2D eigenvalue weighted by molar-refractivity contribution is 6.77. The van der Waals surface area contributed by atoms with Crippen LogP contribution in [0.5, 0.6) is 0 Å². The molecular weight excluding hydrogens is 1020 g/mol. The quantitative estimate of drug-likeness (QED) is 0.0587. The predicted octanol–water partition coefficient (Wildman–Crippen LogP) is 17.6. The molecular formula is C48H72F16O5Si2. The molecule has 0 spiro atoms. The Kier molecular flexibility index (Phi) is 23.8. The van der Waals surface area contributed by atoms with Crippen LogP contribution >= 0.6 is 0 Å². The topological polar surface area (TPSA) is 54.0 Å². The molecule has 0 saturated carbocycles. The smallest absolute Gasteiger partial charge is 0.405 e. The SMILES string of the molecule is CCCCC[C@H]1CCCCC[C@H](O[Si](CCC(F)(F)C(F)(F)C(F)(F)F)(C(C)C)C(C)C)O[C@@H](OCc2ccccc2)[C@H](O[Si](CCC(F)(F)C(F)(F)C(F)(F)C(F)(F)F)(C(C)C)C(C)C)C=CC(=O)C1. The average Bonchev–Trinajstić information content (AvgIpc) is 3.24. The van der Waals surface area contributed by atoms with Gasteiger partial charge in [0.25, 0.3) is 0 Å². The number of allylic oxidation sites excluding steroid dienone is 1. The first-order valence-electron chi connectivity index (χ1n) is 24.3. The fraction of sp³-hybridized carbons (Fsp3) is 0.812. The molecule has 0 radical (unpaired) electrons. The van der Waals surface area contributed by atoms with Crippen molar-refractivity contribution in [2.45, 2.75) is 241 Å². The highest BCUT2D eigenvalue weighted by atomic mass is 28.4. The second-order valence-corrected chi connectivity index (χ2v) is 30.0. The van der Waals surface area contributed by atoms with E-state index in [4.69, 9.17) is 18.3 Å². The number of carbonyl (C=O) groups excluding carboxylic acids is 1. The van der Waals surface area contributed by atoms with E-state index in [1.807, 2.05) is 6.92 Å². The summed E-state index contributed by atoms with van der Waals surface area (Å²) in [5, 5.41) is 0. The Morgan fingerprint density at radius 2 is 1.10 bits per heavy atom. The van der Waals surface area contributed by atoms with Crippen LogP contribution in [0, 0.1) is 5.92 Å². The molecule has 0 aromatic heterocycles. The average molecular weight is 1090 g/mol. The van der Waals surface area contributed by atoms with E-state index in [1.165, 1.54) is 61.5 Å². The monoisotopic (exact) mass is 1090 g/mol. The van der Waals surface area contributed by atoms with Crippen LogP contribution in [-0.4, -0.2) is 83.1 Å². The minimum atomic E-state index is -7.15. The molecule has 0 aliphatic carbocycles. The molecule has 2 rings (SSSR count). The minimum Gasteiger partial charge on any atom is -0.405 e. The summed E-state index contributed by atoms with van der Waals surface area (Å²) < 4.78 is 253. The lowest BCUT2D eigenvalue weighted by Crippen LogP contribution is -2.61. The van der Waals surface area contributed by atoms with Gasteiger partial charge in [-0.15, -0.1) is 0 Å². The third-order valence-electron chi connectivity index (χ3n) is 13.8. The highest BCUT2D eigenvalue weighted by Crippen LogP contribution is 2.56. The van der Waals surface area contributed by atoms with Gasteiger partial charge in [0.2, 0.25) is 8.32 Å². The molecule has 23 heteroatoms. The van der Waals surface area contributed by atoms with Gasteiger partial charge in [-0.3, -0.25) is 4.79 Å². The molecule has 1 aliphatic rings. The summed E-state index contributed by atoms with van der Waals surface area (Å²) in [6.45, 7) is 13.6. The van der Waals surface area contributed by atoms with E-state index in [9.17, 15) is 57.5 Å². The van der Waals surface area contributed by atoms with Crippen LogP contribution in [0.15, 0.2) is 42.5 Å². The largest absolute Gasteiger partial charge is 0.460 e. The zero-order valence-electron chi connectivity index (χ0n) is 41.9. The number of ether oxygens (including phenoxy) is 2. The molecule has 0 amide bonds. The van der Waals surface area contributed by atoms with Gasteiger partial charge in [-0.2, -0.15) is 70.2 Å². The fourth-order valence-corrected chi connectivity index (χ4v) is 18.3. The first-order valence-corrected chi connectivity index (χ1v) is 28.8. The summed E-state index contributed by atoms with van der Waals surface area (Å²) >= 11 is 0. The van der Waals surface area contributed by atoms with Crippen LogP contribution in [0.3, 0.4) is 0 Å². The van der Waals surface area contributed by atoms with E-state index in [1.54, 1.807) is 30.3 Å². The highest BCUT2D eigenvalue weighted by Gasteiger charge is 2.81. The molecule has 0 N–H and O–H groups in total. The van der Waals surface area contributed by atoms with E-state index in [0.717, 1.165) is 25.3 Å². The Hall–Kier alpha value is -2.22. The second-order valence-electron chi connectivity index (χ2n) is 20.1. The Morgan fingerprint density at radius 1 is 0.620 bits per heavy atom. The number of rotatable bonds is 24. The molecule has 71 heavy (non-hydrogen) atoms. The molecule has 1 aromatic rings. The lowest BCUT2D eigenvalue weighted by atomic mass is 9.90. The summed E-state index contributed by atoms with van der Waals surface area (Å²) in [6, 6.07) is 6.13. The standard InChI is InChI=1S/C48H72F16O5Si2/c1-10-11-14-19-36-20-15-13-18-23-40(69-71(34(6)7,35(8)9)29-27-43(51,52)45(55,56)47(59,60)61)67-41(66-31-37-21-16-12-17-22-37)39(25-24-38(65)30-36)68-70(32(2)3,33(4)5)28-26-42(49,50)44(53,54)46(57,58)48(62,63)64/h12,16-17,21-22,24-25,32-36,39-41H,10-11,13-15,18-20,23,26-31H2,1-9H3/t36-,39+,40-,41+/m0/s1. The maximum atomic E-state index is 15.4. The van der Waals surface area contributed by atoms with Crippen LogP contribution in [0.25, 0.3) is 0 Å². The first kappa shape index (κ1) is 64.9. The number of ketones is 1. The number of unbranched alkanes of at least 4 members (excludes halogenated alkanes) is 2. The summed E-state index contributed by atoms with van der Waals surface area (Å²) in [5.41, 5.74) is -2.77. The third-order valence-corrected chi connectivity index (χ3v) is 25.1. The van der Waals surface area contributed by atoms with Gasteiger partial charge in [0.05, 0.1) is 6.61 Å². The van der Waals surface area contributed by atoms with E-state index >= 15 is 17.6 Å². The maximum Gasteiger partial charge on any atom is 0.460 e. The van der Waals surface area contributed by atoms with Crippen molar-refractivity contribution in [1.29, 1.82) is 0 Å². The number of hydrogen-bond acceptors (Lipinski definition) is 5. The Labute approximate surface area is 409 Å². The van der Waals surface area contributed by atoms with E-state index in [2.05, 4.69) is 0 Å². The molecule has 1 aromatic carbocycles. The number of benzene rings is 1. The van der Waals surface area contributed by atoms with E-state index in [-0.39, 0.29) is 25.4 Å². The molecule has 0 saturated heterocycles. The molecule has 5 nitrogen and oxygen atoms in total. The lowest BCUT2D eigenvalue weighted by molar-refractivity contribution is -0.396. The predicted molar refractivity (Wildman–Crippen MR) is 243 cm³/mol. The van der Waals surface area contributed by atoms with Gasteiger partial charge in [-0.05, 0) is 70.7 Å². The number of halogens is 16. The summed E-state index contributed by atoms with van der Waals surface area (Å²) in [7, 11) is -8.26. The molecule has 414 valence electrons. The molecule has 0 fully saturated rings. The summed E-state index contributed by atoms with van der Waals surface area (Å²) in [4.78, 5) is 13.8.